The third-order valence-corrected chi connectivity index (χ3v) is 2.34. The van der Waals surface area contributed by atoms with Gasteiger partial charge in [0.2, 0.25) is 6.08 Å². The number of aliphatic imine (C=N–C) groups is 1. The highest BCUT2D eigenvalue weighted by molar-refractivity contribution is 6.24. The van der Waals surface area contributed by atoms with E-state index in [0.717, 1.165) is 12.1 Å². The first-order valence-corrected chi connectivity index (χ1v) is 5.43. The maximum atomic E-state index is 11.3. The highest BCUT2D eigenvalue weighted by Gasteiger charge is 2.08. The maximum Gasteiger partial charge on any atom is 0.265 e. The van der Waals surface area contributed by atoms with Gasteiger partial charge in [0.25, 0.3) is 5.91 Å². The van der Waals surface area contributed by atoms with E-state index in [4.69, 9.17) is 11.8 Å². The molecule has 1 rings (SSSR count). The van der Waals surface area contributed by atoms with Gasteiger partial charge in [-0.1, -0.05) is 13.0 Å². The van der Waals surface area contributed by atoms with Crippen LogP contribution in [0.1, 0.15) is 22.8 Å². The molecule has 1 aromatic rings. The molecule has 0 bridgehead atoms. The largest absolute Gasteiger partial charge is 0.313 e. The average Bonchev–Trinajstić information content (AvgIpc) is 2.36. The fourth-order valence-corrected chi connectivity index (χ4v) is 1.43. The lowest BCUT2D eigenvalue weighted by Crippen LogP contribution is -2.14. The highest BCUT2D eigenvalue weighted by Crippen LogP contribution is 2.20. The number of amides is 1. The number of benzene rings is 1. The van der Waals surface area contributed by atoms with E-state index >= 15 is 0 Å². The molecule has 0 radical (unpaired) electrons. The minimum atomic E-state index is -0.441. The summed E-state index contributed by atoms with van der Waals surface area (Å²) in [5, 5.41) is 3.11. The molecule has 0 atom stereocenters. The lowest BCUT2D eigenvalue weighted by Gasteiger charge is -2.06. The van der Waals surface area contributed by atoms with Crippen LogP contribution in [0.25, 0.3) is 0 Å². The normalized spacial score (nSPS) is 9.53. The number of nitrogens with one attached hydrogen (secondary N) is 2. The lowest BCUT2D eigenvalue weighted by atomic mass is 10.1. The van der Waals surface area contributed by atoms with Gasteiger partial charge < -0.3 is 5.32 Å². The summed E-state index contributed by atoms with van der Waals surface area (Å²) in [7, 11) is 0. The number of hydrogen-bond donors (Lipinski definition) is 2. The summed E-state index contributed by atoms with van der Waals surface area (Å²) >= 11 is 5.22. The third-order valence-electron chi connectivity index (χ3n) is 2.16. The summed E-state index contributed by atoms with van der Waals surface area (Å²) < 4.78 is 0. The smallest absolute Gasteiger partial charge is 0.265 e. The van der Waals surface area contributed by atoms with Crippen LogP contribution in [0, 0.1) is 0 Å². The first-order chi connectivity index (χ1) is 8.22. The Morgan fingerprint density at radius 2 is 2.29 bits per heavy atom. The third kappa shape index (κ3) is 3.67. The number of halogens is 1. The molecule has 0 saturated heterocycles. The van der Waals surface area contributed by atoms with E-state index in [1.807, 2.05) is 11.8 Å². The van der Waals surface area contributed by atoms with Gasteiger partial charge in [0.1, 0.15) is 0 Å². The van der Waals surface area contributed by atoms with Crippen molar-refractivity contribution in [3.8, 4) is 0 Å². The van der Waals surface area contributed by atoms with Crippen LogP contribution < -0.4 is 10.2 Å². The number of carbonyl (C=O) groups excluding carboxylic acids is 2. The molecule has 0 spiro atoms. The summed E-state index contributed by atoms with van der Waals surface area (Å²) in [6.07, 6.45) is 1.47. The molecule has 17 heavy (non-hydrogen) atoms. The van der Waals surface area contributed by atoms with Gasteiger partial charge in [-0.3, -0.25) is 9.63 Å². The van der Waals surface area contributed by atoms with E-state index in [2.05, 4.69) is 10.3 Å². The molecule has 0 aliphatic heterocycles. The highest BCUT2D eigenvalue weighted by atomic mass is 35.5. The second kappa shape index (κ2) is 6.81. The Bertz CT molecular complexity index is 456. The molecular weight excluding hydrogens is 242 g/mol. The van der Waals surface area contributed by atoms with Crippen molar-refractivity contribution in [2.75, 3.05) is 6.54 Å². The van der Waals surface area contributed by atoms with E-state index < -0.39 is 5.91 Å². The Balaban J connectivity index is 3.07. The molecule has 0 aromatic heterocycles. The van der Waals surface area contributed by atoms with Gasteiger partial charge in [-0.2, -0.15) is 4.99 Å². The van der Waals surface area contributed by atoms with Gasteiger partial charge in [-0.05, 0) is 24.2 Å². The molecule has 0 heterocycles. The van der Waals surface area contributed by atoms with Crippen LogP contribution in [-0.2, 0) is 11.3 Å². The zero-order valence-electron chi connectivity index (χ0n) is 9.29. The first-order valence-electron chi connectivity index (χ1n) is 5.05. The molecule has 0 aliphatic carbocycles. The number of isocyanates is 1. The van der Waals surface area contributed by atoms with Crippen LogP contribution in [0.3, 0.4) is 0 Å². The molecule has 90 valence electrons. The standard InChI is InChI=1S/C11H12ClN3O2/c1-2-13-6-9-4-3-8(11(17)15-12)5-10(9)14-7-16/h3-5,13H,2,6H2,1H3,(H,15,17). The summed E-state index contributed by atoms with van der Waals surface area (Å²) in [5.41, 5.74) is 1.58. The number of carbonyl (C=O) groups is 1. The molecule has 0 fully saturated rings. The second-order valence-corrected chi connectivity index (χ2v) is 3.44. The van der Waals surface area contributed by atoms with Crippen molar-refractivity contribution in [2.45, 2.75) is 13.5 Å². The van der Waals surface area contributed by atoms with Crippen LogP contribution in [-0.4, -0.2) is 18.5 Å². The van der Waals surface area contributed by atoms with Gasteiger partial charge in [0, 0.05) is 23.9 Å². The molecular formula is C11H12ClN3O2. The van der Waals surface area contributed by atoms with Crippen molar-refractivity contribution in [2.24, 2.45) is 4.99 Å². The van der Waals surface area contributed by atoms with Crippen molar-refractivity contribution in [3.05, 3.63) is 29.3 Å². The quantitative estimate of drug-likeness (QED) is 0.476. The van der Waals surface area contributed by atoms with E-state index in [-0.39, 0.29) is 0 Å². The summed E-state index contributed by atoms with van der Waals surface area (Å²) in [6, 6.07) is 4.84. The lowest BCUT2D eigenvalue weighted by molar-refractivity contribution is 0.0982. The zero-order valence-corrected chi connectivity index (χ0v) is 10.0. The van der Waals surface area contributed by atoms with Crippen molar-refractivity contribution < 1.29 is 9.59 Å². The molecule has 0 saturated carbocycles. The minimum Gasteiger partial charge on any atom is -0.313 e. The summed E-state index contributed by atoms with van der Waals surface area (Å²) in [5.74, 6) is -0.441. The second-order valence-electron chi connectivity index (χ2n) is 3.25. The van der Waals surface area contributed by atoms with Crippen molar-refractivity contribution in [1.82, 2.24) is 10.2 Å². The van der Waals surface area contributed by atoms with Crippen LogP contribution in [0.5, 0.6) is 0 Å². The predicted octanol–water partition coefficient (Wildman–Crippen LogP) is 1.65. The molecule has 0 aliphatic rings. The fourth-order valence-electron chi connectivity index (χ4n) is 1.32. The minimum absolute atomic E-state index is 0.342. The van der Waals surface area contributed by atoms with Crippen molar-refractivity contribution in [1.29, 1.82) is 0 Å². The van der Waals surface area contributed by atoms with Gasteiger partial charge in [-0.15, -0.1) is 0 Å². The van der Waals surface area contributed by atoms with Gasteiger partial charge >= 0.3 is 0 Å². The van der Waals surface area contributed by atoms with E-state index in [1.165, 1.54) is 12.1 Å². The van der Waals surface area contributed by atoms with Gasteiger partial charge in [0.05, 0.1) is 5.69 Å². The van der Waals surface area contributed by atoms with Crippen LogP contribution >= 0.6 is 11.8 Å². The molecule has 0 unspecified atom stereocenters. The Labute approximate surface area is 104 Å². The summed E-state index contributed by atoms with van der Waals surface area (Å²) in [6.45, 7) is 3.34. The predicted molar refractivity (Wildman–Crippen MR) is 64.9 cm³/mol. The van der Waals surface area contributed by atoms with E-state index in [1.54, 1.807) is 12.1 Å². The van der Waals surface area contributed by atoms with Crippen molar-refractivity contribution in [3.63, 3.8) is 0 Å². The topological polar surface area (TPSA) is 70.6 Å². The molecule has 5 nitrogen and oxygen atoms in total. The zero-order chi connectivity index (χ0) is 12.7. The van der Waals surface area contributed by atoms with Crippen LogP contribution in [0.2, 0.25) is 0 Å². The summed E-state index contributed by atoms with van der Waals surface area (Å²) in [4.78, 5) is 27.2. The van der Waals surface area contributed by atoms with Crippen LogP contribution in [0.4, 0.5) is 5.69 Å². The number of rotatable bonds is 5. The average molecular weight is 254 g/mol. The van der Waals surface area contributed by atoms with Gasteiger partial charge in [0.15, 0.2) is 0 Å². The molecule has 1 aromatic carbocycles. The Kier molecular flexibility index (Phi) is 5.36. The van der Waals surface area contributed by atoms with E-state index in [0.29, 0.717) is 17.8 Å². The SMILES string of the molecule is CCNCc1ccc(C(=O)NCl)cc1N=C=O. The molecule has 1 amide bonds. The first kappa shape index (κ1) is 13.4. The Hall–Kier alpha value is -1.68. The maximum absolute atomic E-state index is 11.3. The van der Waals surface area contributed by atoms with Gasteiger partial charge in [-0.25, -0.2) is 4.79 Å². The van der Waals surface area contributed by atoms with Crippen LogP contribution in [0.15, 0.2) is 23.2 Å². The fraction of sp³-hybridized carbons (Fsp3) is 0.273. The number of hydrogen-bond acceptors (Lipinski definition) is 4. The molecule has 2 N–H and O–H groups in total. The number of nitrogens with zero attached hydrogens (tertiary/aromatic N) is 1. The monoisotopic (exact) mass is 253 g/mol. The Morgan fingerprint density at radius 1 is 1.53 bits per heavy atom. The molecule has 6 heteroatoms. The van der Waals surface area contributed by atoms with E-state index in [9.17, 15) is 9.59 Å². The Morgan fingerprint density at radius 3 is 2.88 bits per heavy atom. The van der Waals surface area contributed by atoms with Crippen molar-refractivity contribution >= 4 is 29.5 Å².